The molecule has 0 bridgehead atoms. The number of rotatable bonds is 10. The van der Waals surface area contributed by atoms with Gasteiger partial charge in [-0.1, -0.05) is 18.2 Å². The minimum atomic E-state index is -1.38. The summed E-state index contributed by atoms with van der Waals surface area (Å²) >= 11 is 0.622. The highest BCUT2D eigenvalue weighted by Crippen LogP contribution is 2.34. The van der Waals surface area contributed by atoms with Crippen LogP contribution in [0, 0.1) is 5.82 Å². The van der Waals surface area contributed by atoms with Crippen molar-refractivity contribution in [3.8, 4) is 0 Å². The number of hydrogen-bond donors (Lipinski definition) is 3. The number of hydrogen-bond acceptors (Lipinski definition) is 9. The molecular weight excluding hydrogens is 515 g/mol. The fraction of sp³-hybridized carbons (Fsp3) is 0.240. The number of ether oxygens (including phenoxy) is 1. The lowest BCUT2D eigenvalue weighted by molar-refractivity contribution is -0.143. The van der Waals surface area contributed by atoms with Gasteiger partial charge in [-0.3, -0.25) is 24.1 Å². The molecule has 1 aromatic heterocycles. The second kappa shape index (κ2) is 12.1. The SMILES string of the molecule is CCOC(=O)CNC(=O)C(c1ccc(N(C)C)cc1)N(C(=O)c1snc(C(N)=O)c1N)c1cccc(F)c1. The summed E-state index contributed by atoms with van der Waals surface area (Å²) in [6.07, 6.45) is 0. The van der Waals surface area contributed by atoms with Crippen molar-refractivity contribution in [3.63, 3.8) is 0 Å². The van der Waals surface area contributed by atoms with Gasteiger partial charge in [0.25, 0.3) is 11.8 Å². The van der Waals surface area contributed by atoms with E-state index in [0.717, 1.165) is 16.7 Å². The Morgan fingerprint density at radius 1 is 1.11 bits per heavy atom. The van der Waals surface area contributed by atoms with Crippen molar-refractivity contribution in [1.82, 2.24) is 9.69 Å². The van der Waals surface area contributed by atoms with Gasteiger partial charge in [0.15, 0.2) is 5.69 Å². The molecule has 0 aliphatic carbocycles. The maximum Gasteiger partial charge on any atom is 0.325 e. The van der Waals surface area contributed by atoms with Gasteiger partial charge in [-0.25, -0.2) is 4.39 Å². The molecule has 0 aliphatic heterocycles. The molecule has 0 fully saturated rings. The highest BCUT2D eigenvalue weighted by molar-refractivity contribution is 7.09. The summed E-state index contributed by atoms with van der Waals surface area (Å²) in [4.78, 5) is 53.8. The maximum atomic E-state index is 14.3. The van der Waals surface area contributed by atoms with Gasteiger partial charge in [0.1, 0.15) is 23.3 Å². The predicted octanol–water partition coefficient (Wildman–Crippen LogP) is 2.10. The second-order valence-electron chi connectivity index (χ2n) is 8.20. The first-order valence-electron chi connectivity index (χ1n) is 11.4. The number of carbonyl (C=O) groups is 4. The van der Waals surface area contributed by atoms with Gasteiger partial charge in [0.05, 0.1) is 12.3 Å². The van der Waals surface area contributed by atoms with Crippen LogP contribution in [0.1, 0.15) is 38.7 Å². The molecule has 1 atom stereocenters. The Bertz CT molecular complexity index is 1340. The highest BCUT2D eigenvalue weighted by Gasteiger charge is 2.36. The Balaban J connectivity index is 2.17. The highest BCUT2D eigenvalue weighted by atomic mass is 32.1. The number of benzene rings is 2. The fourth-order valence-electron chi connectivity index (χ4n) is 3.59. The number of nitrogen functional groups attached to an aromatic ring is 1. The van der Waals surface area contributed by atoms with Gasteiger partial charge in [-0.15, -0.1) is 0 Å². The van der Waals surface area contributed by atoms with E-state index in [0.29, 0.717) is 17.1 Å². The molecule has 3 amide bonds. The Morgan fingerprint density at radius 2 is 1.79 bits per heavy atom. The number of anilines is 3. The van der Waals surface area contributed by atoms with E-state index in [1.54, 1.807) is 31.2 Å². The lowest BCUT2D eigenvalue weighted by Crippen LogP contribution is -2.45. The number of primary amides is 1. The first-order chi connectivity index (χ1) is 18.0. The van der Waals surface area contributed by atoms with E-state index in [4.69, 9.17) is 16.2 Å². The topological polar surface area (TPSA) is 161 Å². The van der Waals surface area contributed by atoms with E-state index >= 15 is 0 Å². The van der Waals surface area contributed by atoms with Gasteiger partial charge < -0.3 is 26.4 Å². The van der Waals surface area contributed by atoms with Gasteiger partial charge in [0, 0.05) is 25.5 Å². The zero-order valence-corrected chi connectivity index (χ0v) is 21.8. The summed E-state index contributed by atoms with van der Waals surface area (Å²) in [6.45, 7) is 1.28. The van der Waals surface area contributed by atoms with Crippen LogP contribution in [0.2, 0.25) is 0 Å². The number of aromatic nitrogens is 1. The third kappa shape index (κ3) is 6.24. The van der Waals surface area contributed by atoms with E-state index in [1.165, 1.54) is 18.2 Å². The molecule has 1 unspecified atom stereocenters. The first-order valence-corrected chi connectivity index (χ1v) is 12.2. The molecular formula is C25H27FN6O5S. The molecule has 3 rings (SSSR count). The molecule has 5 N–H and O–H groups in total. The van der Waals surface area contributed by atoms with E-state index in [9.17, 15) is 23.6 Å². The van der Waals surface area contributed by atoms with Gasteiger partial charge in [-0.05, 0) is 54.4 Å². The number of nitrogens with one attached hydrogen (secondary N) is 1. The molecule has 1 heterocycles. The normalized spacial score (nSPS) is 11.4. The average molecular weight is 543 g/mol. The molecule has 11 nitrogen and oxygen atoms in total. The standard InChI is InChI=1S/C25H27FN6O5S/c1-4-37-18(33)13-29-24(35)21(14-8-10-16(11-9-14)31(2)3)32(17-7-5-6-15(26)12-17)25(36)22-19(27)20(23(28)34)30-38-22/h5-12,21H,4,13,27H2,1-3H3,(H2,28,34)(H,29,35). The number of nitrogens with zero attached hydrogens (tertiary/aromatic N) is 3. The van der Waals surface area contributed by atoms with Crippen LogP contribution in [0.15, 0.2) is 48.5 Å². The van der Waals surface area contributed by atoms with Gasteiger partial charge in [-0.2, -0.15) is 4.37 Å². The van der Waals surface area contributed by atoms with Crippen LogP contribution in [0.5, 0.6) is 0 Å². The van der Waals surface area contributed by atoms with Crippen molar-refractivity contribution in [2.45, 2.75) is 13.0 Å². The van der Waals surface area contributed by atoms with E-state index in [2.05, 4.69) is 9.69 Å². The average Bonchev–Trinajstić information content (AvgIpc) is 3.27. The van der Waals surface area contributed by atoms with Crippen molar-refractivity contribution in [2.75, 3.05) is 42.8 Å². The van der Waals surface area contributed by atoms with Crippen molar-refractivity contribution in [1.29, 1.82) is 0 Å². The molecule has 200 valence electrons. The molecule has 0 aliphatic rings. The smallest absolute Gasteiger partial charge is 0.325 e. The van der Waals surface area contributed by atoms with Crippen molar-refractivity contribution in [2.24, 2.45) is 5.73 Å². The maximum absolute atomic E-state index is 14.3. The van der Waals surface area contributed by atoms with Crippen LogP contribution in [0.3, 0.4) is 0 Å². The summed E-state index contributed by atoms with van der Waals surface area (Å²) in [5.41, 5.74) is 12.0. The molecule has 0 radical (unpaired) electrons. The summed E-state index contributed by atoms with van der Waals surface area (Å²) in [5, 5.41) is 2.48. The quantitative estimate of drug-likeness (QED) is 0.328. The van der Waals surface area contributed by atoms with Crippen molar-refractivity contribution in [3.05, 3.63) is 70.5 Å². The molecule has 3 aromatic rings. The zero-order chi connectivity index (χ0) is 28.0. The second-order valence-corrected chi connectivity index (χ2v) is 8.98. The summed E-state index contributed by atoms with van der Waals surface area (Å²) < 4.78 is 23.1. The van der Waals surface area contributed by atoms with Crippen molar-refractivity contribution >= 4 is 52.3 Å². The Hall–Kier alpha value is -4.52. The largest absolute Gasteiger partial charge is 0.465 e. The molecule has 0 saturated heterocycles. The summed E-state index contributed by atoms with van der Waals surface area (Å²) in [6, 6.07) is 10.4. The van der Waals surface area contributed by atoms with E-state index < -0.39 is 42.1 Å². The molecule has 0 spiro atoms. The summed E-state index contributed by atoms with van der Waals surface area (Å²) in [7, 11) is 3.67. The number of amides is 3. The fourth-order valence-corrected chi connectivity index (χ4v) is 4.33. The van der Waals surface area contributed by atoms with Gasteiger partial charge in [0.2, 0.25) is 5.91 Å². The minimum absolute atomic E-state index is 0.0244. The molecule has 0 saturated carbocycles. The molecule has 13 heteroatoms. The van der Waals surface area contributed by atoms with Crippen LogP contribution in [-0.2, 0) is 14.3 Å². The summed E-state index contributed by atoms with van der Waals surface area (Å²) in [5.74, 6) is -3.84. The van der Waals surface area contributed by atoms with Gasteiger partial charge >= 0.3 is 5.97 Å². The number of esters is 1. The number of nitrogens with two attached hydrogens (primary N) is 2. The Labute approximate surface area is 222 Å². The zero-order valence-electron chi connectivity index (χ0n) is 20.9. The van der Waals surface area contributed by atoms with Crippen LogP contribution in [-0.4, -0.2) is 55.3 Å². The third-order valence-corrected chi connectivity index (χ3v) is 6.26. The minimum Gasteiger partial charge on any atom is -0.465 e. The van der Waals surface area contributed by atoms with Crippen LogP contribution < -0.4 is 26.6 Å². The van der Waals surface area contributed by atoms with E-state index in [-0.39, 0.29) is 28.6 Å². The lowest BCUT2D eigenvalue weighted by atomic mass is 10.0. The monoisotopic (exact) mass is 542 g/mol. The first kappa shape index (κ1) is 28.1. The number of carbonyl (C=O) groups excluding carboxylic acids is 4. The predicted molar refractivity (Wildman–Crippen MR) is 141 cm³/mol. The molecule has 38 heavy (non-hydrogen) atoms. The van der Waals surface area contributed by atoms with Crippen molar-refractivity contribution < 1.29 is 28.3 Å². The lowest BCUT2D eigenvalue weighted by Gasteiger charge is -2.31. The Morgan fingerprint density at radius 3 is 2.34 bits per heavy atom. The van der Waals surface area contributed by atoms with E-state index in [1.807, 2.05) is 19.0 Å². The van der Waals surface area contributed by atoms with Crippen LogP contribution in [0.25, 0.3) is 0 Å². The van der Waals surface area contributed by atoms with Crippen LogP contribution >= 0.6 is 11.5 Å². The molecule has 2 aromatic carbocycles. The van der Waals surface area contributed by atoms with Crippen LogP contribution in [0.4, 0.5) is 21.5 Å². The third-order valence-electron chi connectivity index (χ3n) is 5.40. The number of halogens is 1. The Kier molecular flexibility index (Phi) is 8.97.